The predicted octanol–water partition coefficient (Wildman–Crippen LogP) is 1.31. The summed E-state index contributed by atoms with van der Waals surface area (Å²) in [5.41, 5.74) is 0. The first-order valence-electron chi connectivity index (χ1n) is 8.39. The van der Waals surface area contributed by atoms with Gasteiger partial charge in [0.15, 0.2) is 0 Å². The second kappa shape index (κ2) is 8.44. The van der Waals surface area contributed by atoms with Crippen molar-refractivity contribution < 1.29 is 14.2 Å². The van der Waals surface area contributed by atoms with E-state index in [1.54, 1.807) is 0 Å². The normalized spacial score (nSPS) is 41.1. The summed E-state index contributed by atoms with van der Waals surface area (Å²) in [6.45, 7) is 11.8. The first-order valence-corrected chi connectivity index (χ1v) is 8.39. The van der Waals surface area contributed by atoms with E-state index < -0.39 is 0 Å². The average molecular weight is 300 g/mol. The Morgan fingerprint density at radius 1 is 0.810 bits per heavy atom. The first kappa shape index (κ1) is 17.2. The number of morpholine rings is 2. The number of nitrogens with one attached hydrogen (secondary N) is 2. The monoisotopic (exact) mass is 300 g/mol. The molecule has 21 heavy (non-hydrogen) atoms. The fourth-order valence-electron chi connectivity index (χ4n) is 3.20. The molecule has 0 aromatic heterocycles. The van der Waals surface area contributed by atoms with Crippen molar-refractivity contribution >= 4 is 0 Å². The lowest BCUT2D eigenvalue weighted by Gasteiger charge is -2.35. The van der Waals surface area contributed by atoms with E-state index in [1.807, 2.05) is 0 Å². The van der Waals surface area contributed by atoms with Gasteiger partial charge in [0.25, 0.3) is 0 Å². The summed E-state index contributed by atoms with van der Waals surface area (Å²) in [5, 5.41) is 7.05. The summed E-state index contributed by atoms with van der Waals surface area (Å²) in [7, 11) is 0. The van der Waals surface area contributed by atoms with Gasteiger partial charge in [-0.2, -0.15) is 0 Å². The highest BCUT2D eigenvalue weighted by molar-refractivity contribution is 4.82. The summed E-state index contributed by atoms with van der Waals surface area (Å²) in [4.78, 5) is 0. The van der Waals surface area contributed by atoms with Crippen LogP contribution in [0.1, 0.15) is 40.5 Å². The number of rotatable bonds is 6. The molecule has 0 saturated carbocycles. The van der Waals surface area contributed by atoms with Crippen LogP contribution in [0.4, 0.5) is 0 Å². The van der Waals surface area contributed by atoms with E-state index in [0.717, 1.165) is 39.3 Å². The third kappa shape index (κ3) is 5.49. The lowest BCUT2D eigenvalue weighted by atomic mass is 10.1. The smallest absolute Gasteiger partial charge is 0.0748 e. The Morgan fingerprint density at radius 3 is 1.62 bits per heavy atom. The maximum Gasteiger partial charge on any atom is 0.0748 e. The Balaban J connectivity index is 1.54. The summed E-state index contributed by atoms with van der Waals surface area (Å²) in [6.07, 6.45) is 2.45. The highest BCUT2D eigenvalue weighted by Gasteiger charge is 2.26. The molecule has 6 atom stereocenters. The van der Waals surface area contributed by atoms with Crippen LogP contribution in [0.5, 0.6) is 0 Å². The number of ether oxygens (including phenoxy) is 3. The van der Waals surface area contributed by atoms with E-state index in [0.29, 0.717) is 24.2 Å². The van der Waals surface area contributed by atoms with Crippen LogP contribution < -0.4 is 10.6 Å². The van der Waals surface area contributed by atoms with Gasteiger partial charge in [-0.1, -0.05) is 0 Å². The second-order valence-corrected chi connectivity index (χ2v) is 6.65. The third-order valence-corrected chi connectivity index (χ3v) is 4.42. The van der Waals surface area contributed by atoms with Crippen molar-refractivity contribution in [3.8, 4) is 0 Å². The molecule has 2 saturated heterocycles. The van der Waals surface area contributed by atoms with Crippen LogP contribution in [0.25, 0.3) is 0 Å². The van der Waals surface area contributed by atoms with Crippen LogP contribution >= 0.6 is 0 Å². The minimum absolute atomic E-state index is 0.272. The summed E-state index contributed by atoms with van der Waals surface area (Å²) in [6, 6.07) is 1.73. The molecule has 0 bridgehead atoms. The molecule has 5 nitrogen and oxygen atoms in total. The molecule has 124 valence electrons. The lowest BCUT2D eigenvalue weighted by Crippen LogP contribution is -2.52. The van der Waals surface area contributed by atoms with E-state index in [1.165, 1.54) is 0 Å². The van der Waals surface area contributed by atoms with Crippen LogP contribution in [-0.4, -0.2) is 62.8 Å². The highest BCUT2D eigenvalue weighted by atomic mass is 16.5. The van der Waals surface area contributed by atoms with Crippen molar-refractivity contribution in [3.05, 3.63) is 0 Å². The summed E-state index contributed by atoms with van der Waals surface area (Å²) < 4.78 is 17.5. The SMILES string of the molecule is CC1COC(CCOCCC2OCC(C)NC2C)C(C)N1. The molecule has 0 aromatic carbocycles. The van der Waals surface area contributed by atoms with Gasteiger partial charge in [-0.25, -0.2) is 0 Å². The van der Waals surface area contributed by atoms with E-state index in [2.05, 4.69) is 38.3 Å². The van der Waals surface area contributed by atoms with Gasteiger partial charge in [0, 0.05) is 37.4 Å². The van der Waals surface area contributed by atoms with Crippen molar-refractivity contribution in [3.63, 3.8) is 0 Å². The van der Waals surface area contributed by atoms with Crippen LogP contribution in [0, 0.1) is 0 Å². The minimum atomic E-state index is 0.272. The molecule has 2 rings (SSSR count). The van der Waals surface area contributed by atoms with Gasteiger partial charge in [-0.3, -0.25) is 0 Å². The zero-order valence-corrected chi connectivity index (χ0v) is 13.9. The van der Waals surface area contributed by atoms with Gasteiger partial charge in [0.2, 0.25) is 0 Å². The molecule has 0 spiro atoms. The second-order valence-electron chi connectivity index (χ2n) is 6.65. The van der Waals surface area contributed by atoms with E-state index in [-0.39, 0.29) is 12.2 Å². The Kier molecular flexibility index (Phi) is 6.89. The van der Waals surface area contributed by atoms with Crippen molar-refractivity contribution in [2.45, 2.75) is 76.9 Å². The largest absolute Gasteiger partial charge is 0.381 e. The van der Waals surface area contributed by atoms with Gasteiger partial charge in [-0.05, 0) is 40.5 Å². The first-order chi connectivity index (χ1) is 10.1. The molecular weight excluding hydrogens is 268 g/mol. The van der Waals surface area contributed by atoms with Crippen LogP contribution in [-0.2, 0) is 14.2 Å². The fourth-order valence-corrected chi connectivity index (χ4v) is 3.20. The topological polar surface area (TPSA) is 51.8 Å². The fraction of sp³-hybridized carbons (Fsp3) is 1.00. The summed E-state index contributed by atoms with van der Waals surface area (Å²) in [5.74, 6) is 0. The molecule has 2 fully saturated rings. The van der Waals surface area contributed by atoms with E-state index >= 15 is 0 Å². The molecule has 2 heterocycles. The minimum Gasteiger partial charge on any atom is -0.381 e. The van der Waals surface area contributed by atoms with Crippen molar-refractivity contribution in [1.29, 1.82) is 0 Å². The van der Waals surface area contributed by atoms with Gasteiger partial charge in [0.05, 0.1) is 25.4 Å². The molecular formula is C16H32N2O3. The molecule has 5 heteroatoms. The molecule has 2 N–H and O–H groups in total. The number of hydrogen-bond donors (Lipinski definition) is 2. The molecule has 0 amide bonds. The van der Waals surface area contributed by atoms with E-state index in [9.17, 15) is 0 Å². The van der Waals surface area contributed by atoms with Gasteiger partial charge in [-0.15, -0.1) is 0 Å². The summed E-state index contributed by atoms with van der Waals surface area (Å²) >= 11 is 0. The van der Waals surface area contributed by atoms with Crippen LogP contribution in [0.15, 0.2) is 0 Å². The van der Waals surface area contributed by atoms with Crippen LogP contribution in [0.3, 0.4) is 0 Å². The molecule has 6 unspecified atom stereocenters. The van der Waals surface area contributed by atoms with Gasteiger partial charge in [0.1, 0.15) is 0 Å². The molecule has 0 radical (unpaired) electrons. The quantitative estimate of drug-likeness (QED) is 0.725. The Labute approximate surface area is 129 Å². The zero-order chi connectivity index (χ0) is 15.2. The Hall–Kier alpha value is -0.200. The standard InChI is InChI=1S/C16H32N2O3/c1-11-9-20-15(13(3)17-11)5-7-19-8-6-16-14(4)18-12(2)10-21-16/h11-18H,5-10H2,1-4H3. The van der Waals surface area contributed by atoms with Crippen molar-refractivity contribution in [2.75, 3.05) is 26.4 Å². The average Bonchev–Trinajstić information content (AvgIpc) is 2.42. The maximum absolute atomic E-state index is 5.85. The van der Waals surface area contributed by atoms with Crippen LogP contribution in [0.2, 0.25) is 0 Å². The predicted molar refractivity (Wildman–Crippen MR) is 83.7 cm³/mol. The highest BCUT2D eigenvalue weighted by Crippen LogP contribution is 2.13. The molecule has 0 aliphatic carbocycles. The van der Waals surface area contributed by atoms with Gasteiger partial charge >= 0.3 is 0 Å². The lowest BCUT2D eigenvalue weighted by molar-refractivity contribution is -0.0505. The van der Waals surface area contributed by atoms with Crippen molar-refractivity contribution in [2.24, 2.45) is 0 Å². The zero-order valence-electron chi connectivity index (χ0n) is 13.9. The molecule has 0 aromatic rings. The number of hydrogen-bond acceptors (Lipinski definition) is 5. The maximum atomic E-state index is 5.85. The molecule has 2 aliphatic rings. The van der Waals surface area contributed by atoms with Gasteiger partial charge < -0.3 is 24.8 Å². The molecule has 2 aliphatic heterocycles. The van der Waals surface area contributed by atoms with E-state index in [4.69, 9.17) is 14.2 Å². The third-order valence-electron chi connectivity index (χ3n) is 4.42. The van der Waals surface area contributed by atoms with Crippen molar-refractivity contribution in [1.82, 2.24) is 10.6 Å². The Bertz CT molecular complexity index is 275. The Morgan fingerprint density at radius 2 is 1.24 bits per heavy atom.